The van der Waals surface area contributed by atoms with Crippen molar-refractivity contribution < 1.29 is 13.2 Å². The number of hydrogen-bond acceptors (Lipinski definition) is 3. The van der Waals surface area contributed by atoms with Crippen LogP contribution in [0.1, 0.15) is 13.8 Å². The molecule has 0 aliphatic carbocycles. The normalized spacial score (nSPS) is 29.8. The molecule has 3 atom stereocenters. The minimum absolute atomic E-state index is 0.0944. The molecule has 0 amide bonds. The van der Waals surface area contributed by atoms with Gasteiger partial charge in [-0.15, -0.1) is 0 Å². The van der Waals surface area contributed by atoms with E-state index in [9.17, 15) is 13.2 Å². The molecule has 1 fully saturated rings. The molecule has 0 N–H and O–H groups in total. The van der Waals surface area contributed by atoms with E-state index < -0.39 is 12.1 Å². The number of nitriles is 1. The summed E-state index contributed by atoms with van der Waals surface area (Å²) >= 11 is 1.77. The second-order valence-electron chi connectivity index (χ2n) is 4.03. The maximum Gasteiger partial charge on any atom is 0.405 e. The molecule has 0 radical (unpaired) electrons. The summed E-state index contributed by atoms with van der Waals surface area (Å²) < 4.78 is 37.3. The van der Waals surface area contributed by atoms with E-state index in [1.54, 1.807) is 16.7 Å². The molecule has 92 valence electrons. The van der Waals surface area contributed by atoms with Gasteiger partial charge in [-0.25, -0.2) is 0 Å². The van der Waals surface area contributed by atoms with Gasteiger partial charge in [0, 0.05) is 30.1 Å². The lowest BCUT2D eigenvalue weighted by Gasteiger charge is -2.38. The first-order chi connectivity index (χ1) is 7.36. The topological polar surface area (TPSA) is 27.0 Å². The monoisotopic (exact) mass is 252 g/mol. The Balaban J connectivity index is 2.62. The molecule has 1 rings (SSSR count). The van der Waals surface area contributed by atoms with Crippen molar-refractivity contribution >= 4 is 11.8 Å². The van der Waals surface area contributed by atoms with E-state index in [2.05, 4.69) is 0 Å². The summed E-state index contributed by atoms with van der Waals surface area (Å²) in [5, 5.41) is 8.86. The first kappa shape index (κ1) is 13.7. The van der Waals surface area contributed by atoms with Crippen molar-refractivity contribution in [2.75, 3.05) is 18.8 Å². The van der Waals surface area contributed by atoms with Crippen molar-refractivity contribution in [1.29, 1.82) is 5.26 Å². The van der Waals surface area contributed by atoms with Crippen LogP contribution in [0.3, 0.4) is 0 Å². The van der Waals surface area contributed by atoms with Crippen LogP contribution < -0.4 is 0 Å². The summed E-state index contributed by atoms with van der Waals surface area (Å²) in [5.74, 6) is -1.04. The molecular formula is C10H15F3N2S. The molecule has 1 aliphatic heterocycles. The van der Waals surface area contributed by atoms with Crippen LogP contribution in [0.4, 0.5) is 13.2 Å². The highest BCUT2D eigenvalue weighted by Crippen LogP contribution is 2.30. The predicted octanol–water partition coefficient (Wildman–Crippen LogP) is 2.51. The second kappa shape index (κ2) is 5.28. The summed E-state index contributed by atoms with van der Waals surface area (Å²) in [4.78, 5) is 1.77. The van der Waals surface area contributed by atoms with Crippen LogP contribution >= 0.6 is 11.8 Å². The highest BCUT2D eigenvalue weighted by molar-refractivity contribution is 8.00. The smallest absolute Gasteiger partial charge is 0.297 e. The van der Waals surface area contributed by atoms with Gasteiger partial charge in [0.25, 0.3) is 0 Å². The molecule has 16 heavy (non-hydrogen) atoms. The Hall–Kier alpha value is -0.410. The van der Waals surface area contributed by atoms with Gasteiger partial charge in [-0.05, 0) is 6.92 Å². The minimum Gasteiger partial charge on any atom is -0.297 e. The molecule has 0 aromatic heterocycles. The lowest BCUT2D eigenvalue weighted by atomic mass is 10.1. The van der Waals surface area contributed by atoms with Crippen LogP contribution in [0.2, 0.25) is 0 Å². The predicted molar refractivity (Wildman–Crippen MR) is 58.1 cm³/mol. The van der Waals surface area contributed by atoms with Crippen molar-refractivity contribution in [3.8, 4) is 6.07 Å². The highest BCUT2D eigenvalue weighted by atomic mass is 32.2. The first-order valence-corrected chi connectivity index (χ1v) is 6.23. The lowest BCUT2D eigenvalue weighted by Crippen LogP contribution is -2.48. The quantitative estimate of drug-likeness (QED) is 0.755. The van der Waals surface area contributed by atoms with Crippen molar-refractivity contribution in [3.63, 3.8) is 0 Å². The molecule has 1 aliphatic rings. The zero-order valence-corrected chi connectivity index (χ0v) is 10.1. The molecule has 0 spiro atoms. The Bertz CT molecular complexity index is 274. The van der Waals surface area contributed by atoms with E-state index in [0.717, 1.165) is 5.75 Å². The number of halogens is 3. The van der Waals surface area contributed by atoms with Gasteiger partial charge in [-0.1, -0.05) is 6.92 Å². The molecule has 3 unspecified atom stereocenters. The van der Waals surface area contributed by atoms with E-state index >= 15 is 0 Å². The molecule has 0 saturated carbocycles. The molecule has 1 heterocycles. The number of alkyl halides is 3. The van der Waals surface area contributed by atoms with E-state index in [1.165, 1.54) is 6.07 Å². The van der Waals surface area contributed by atoms with Gasteiger partial charge in [-0.2, -0.15) is 30.2 Å². The fourth-order valence-electron chi connectivity index (χ4n) is 1.71. The van der Waals surface area contributed by atoms with E-state index in [0.29, 0.717) is 11.8 Å². The third-order valence-electron chi connectivity index (χ3n) is 2.98. The second-order valence-corrected chi connectivity index (χ2v) is 5.52. The Labute approximate surface area is 97.8 Å². The van der Waals surface area contributed by atoms with Crippen LogP contribution in [0.25, 0.3) is 0 Å². The molecule has 2 nitrogen and oxygen atoms in total. The number of rotatable bonds is 2. The van der Waals surface area contributed by atoms with Gasteiger partial charge in [-0.3, -0.25) is 4.90 Å². The van der Waals surface area contributed by atoms with Gasteiger partial charge >= 0.3 is 6.18 Å². The number of hydrogen-bond donors (Lipinski definition) is 0. The van der Waals surface area contributed by atoms with Gasteiger partial charge in [0.2, 0.25) is 0 Å². The van der Waals surface area contributed by atoms with Crippen LogP contribution in [0.15, 0.2) is 0 Å². The first-order valence-electron chi connectivity index (χ1n) is 5.18. The average molecular weight is 252 g/mol. The third-order valence-corrected chi connectivity index (χ3v) is 4.32. The summed E-state index contributed by atoms with van der Waals surface area (Å²) in [7, 11) is 0. The molecule has 0 aromatic carbocycles. The zero-order chi connectivity index (χ0) is 12.3. The summed E-state index contributed by atoms with van der Waals surface area (Å²) in [6, 6.07) is 1.45. The van der Waals surface area contributed by atoms with E-state index in [-0.39, 0.29) is 12.6 Å². The average Bonchev–Trinajstić information content (AvgIpc) is 2.18. The summed E-state index contributed by atoms with van der Waals surface area (Å²) in [5.41, 5.74) is 0. The largest absolute Gasteiger partial charge is 0.405 e. The maximum absolute atomic E-state index is 12.4. The zero-order valence-electron chi connectivity index (χ0n) is 9.29. The third kappa shape index (κ3) is 3.29. The summed E-state index contributed by atoms with van der Waals surface area (Å²) in [6.07, 6.45) is -4.41. The number of nitrogens with zero attached hydrogens (tertiary/aromatic N) is 2. The van der Waals surface area contributed by atoms with Gasteiger partial charge < -0.3 is 0 Å². The van der Waals surface area contributed by atoms with Crippen LogP contribution in [0.5, 0.6) is 0 Å². The van der Waals surface area contributed by atoms with Crippen LogP contribution in [-0.2, 0) is 0 Å². The minimum atomic E-state index is -4.41. The Morgan fingerprint density at radius 1 is 1.50 bits per heavy atom. The number of thioether (sulfide) groups is 1. The van der Waals surface area contributed by atoms with Gasteiger partial charge in [0.15, 0.2) is 5.92 Å². The highest BCUT2D eigenvalue weighted by Gasteiger charge is 2.42. The van der Waals surface area contributed by atoms with Gasteiger partial charge in [0.05, 0.1) is 6.07 Å². The molecule has 1 saturated heterocycles. The van der Waals surface area contributed by atoms with E-state index in [1.807, 2.05) is 13.8 Å². The lowest BCUT2D eigenvalue weighted by molar-refractivity contribution is -0.164. The Morgan fingerprint density at radius 3 is 2.62 bits per heavy atom. The van der Waals surface area contributed by atoms with Crippen molar-refractivity contribution in [3.05, 3.63) is 0 Å². The molecular weight excluding hydrogens is 237 g/mol. The van der Waals surface area contributed by atoms with Crippen molar-refractivity contribution in [1.82, 2.24) is 4.90 Å². The van der Waals surface area contributed by atoms with E-state index in [4.69, 9.17) is 5.26 Å². The molecule has 0 bridgehead atoms. The van der Waals surface area contributed by atoms with Gasteiger partial charge in [0.1, 0.15) is 0 Å². The molecule has 0 aromatic rings. The SMILES string of the molecule is CC1SCCN(CC(C#N)C(F)(F)F)C1C. The maximum atomic E-state index is 12.4. The molecule has 6 heteroatoms. The summed E-state index contributed by atoms with van der Waals surface area (Å²) in [6.45, 7) is 4.36. The fraction of sp³-hybridized carbons (Fsp3) is 0.900. The van der Waals surface area contributed by atoms with Crippen molar-refractivity contribution in [2.45, 2.75) is 31.3 Å². The van der Waals surface area contributed by atoms with Crippen molar-refractivity contribution in [2.24, 2.45) is 5.92 Å². The van der Waals surface area contributed by atoms with Crippen LogP contribution in [0, 0.1) is 17.2 Å². The Kier molecular flexibility index (Phi) is 4.51. The fourth-order valence-corrected chi connectivity index (χ4v) is 2.87. The standard InChI is InChI=1S/C10H15F3N2S/c1-7-8(2)16-4-3-15(7)6-9(5-14)10(11,12)13/h7-9H,3-4,6H2,1-2H3. The van der Waals surface area contributed by atoms with Crippen LogP contribution in [-0.4, -0.2) is 41.2 Å². The Morgan fingerprint density at radius 2 is 2.12 bits per heavy atom.